The molecule has 0 bridgehead atoms. The molecule has 0 aliphatic rings. The fourth-order valence-electron chi connectivity index (χ4n) is 2.94. The summed E-state index contributed by atoms with van der Waals surface area (Å²) in [5, 5.41) is 0. The van der Waals surface area contributed by atoms with Gasteiger partial charge in [0.2, 0.25) is 0 Å². The number of esters is 2. The summed E-state index contributed by atoms with van der Waals surface area (Å²) in [6.07, 6.45) is 10.9. The van der Waals surface area contributed by atoms with Crippen molar-refractivity contribution in [2.24, 2.45) is 0 Å². The van der Waals surface area contributed by atoms with Gasteiger partial charge >= 0.3 is 11.9 Å². The fraction of sp³-hybridized carbons (Fsp3) is 0.652. The molecular weight excluding hydrogens is 340 g/mol. The van der Waals surface area contributed by atoms with Gasteiger partial charge in [0.1, 0.15) is 6.10 Å². The topological polar surface area (TPSA) is 52.6 Å². The maximum Gasteiger partial charge on any atom is 0.338 e. The maximum atomic E-state index is 12.2. The largest absolute Gasteiger partial charge is 0.462 e. The molecule has 1 rings (SSSR count). The first kappa shape index (κ1) is 23.2. The first-order valence-corrected chi connectivity index (χ1v) is 10.6. The Morgan fingerprint density at radius 1 is 0.778 bits per heavy atom. The van der Waals surface area contributed by atoms with Gasteiger partial charge in [-0.25, -0.2) is 9.59 Å². The summed E-state index contributed by atoms with van der Waals surface area (Å²) in [5.41, 5.74) is 0.934. The molecule has 0 amide bonds. The number of hydrogen-bond donors (Lipinski definition) is 0. The summed E-state index contributed by atoms with van der Waals surface area (Å²) < 4.78 is 10.8. The van der Waals surface area contributed by atoms with Crippen LogP contribution in [-0.4, -0.2) is 24.6 Å². The molecule has 1 aromatic carbocycles. The van der Waals surface area contributed by atoms with Crippen LogP contribution in [-0.2, 0) is 9.47 Å². The second-order valence-corrected chi connectivity index (χ2v) is 7.06. The molecular formula is C23H36O4. The first-order chi connectivity index (χ1) is 13.1. The molecule has 0 N–H and O–H groups in total. The molecule has 0 spiro atoms. The van der Waals surface area contributed by atoms with E-state index in [1.807, 2.05) is 6.92 Å². The number of carbonyl (C=O) groups is 2. The van der Waals surface area contributed by atoms with E-state index < -0.39 is 0 Å². The molecule has 0 fully saturated rings. The predicted octanol–water partition coefficient (Wildman–Crippen LogP) is 6.33. The highest BCUT2D eigenvalue weighted by molar-refractivity contribution is 5.93. The molecule has 1 unspecified atom stereocenters. The SMILES string of the molecule is CCCCCCCCCOC(=O)c1ccc(C(=O)OC(CC)CCC)cc1. The van der Waals surface area contributed by atoms with E-state index in [4.69, 9.17) is 9.47 Å². The number of benzene rings is 1. The maximum absolute atomic E-state index is 12.2. The normalized spacial score (nSPS) is 11.8. The molecule has 4 nitrogen and oxygen atoms in total. The van der Waals surface area contributed by atoms with Gasteiger partial charge in [-0.05, 0) is 43.5 Å². The van der Waals surface area contributed by atoms with Crippen molar-refractivity contribution < 1.29 is 19.1 Å². The van der Waals surface area contributed by atoms with Crippen molar-refractivity contribution in [2.75, 3.05) is 6.61 Å². The van der Waals surface area contributed by atoms with E-state index in [-0.39, 0.29) is 18.0 Å². The monoisotopic (exact) mass is 376 g/mol. The molecule has 0 saturated heterocycles. The molecule has 27 heavy (non-hydrogen) atoms. The molecule has 0 aromatic heterocycles. The zero-order valence-electron chi connectivity index (χ0n) is 17.3. The lowest BCUT2D eigenvalue weighted by Crippen LogP contribution is -2.17. The van der Waals surface area contributed by atoms with Gasteiger partial charge < -0.3 is 9.47 Å². The van der Waals surface area contributed by atoms with Crippen LogP contribution in [0.2, 0.25) is 0 Å². The Labute approximate surface area is 164 Å². The van der Waals surface area contributed by atoms with E-state index in [9.17, 15) is 9.59 Å². The van der Waals surface area contributed by atoms with Crippen LogP contribution in [0.5, 0.6) is 0 Å². The second-order valence-electron chi connectivity index (χ2n) is 7.06. The Morgan fingerprint density at radius 2 is 1.33 bits per heavy atom. The highest BCUT2D eigenvalue weighted by Crippen LogP contribution is 2.13. The van der Waals surface area contributed by atoms with Crippen molar-refractivity contribution in [3.05, 3.63) is 35.4 Å². The molecule has 0 aliphatic carbocycles. The van der Waals surface area contributed by atoms with Crippen LogP contribution in [0.3, 0.4) is 0 Å². The third kappa shape index (κ3) is 9.60. The van der Waals surface area contributed by atoms with Crippen molar-refractivity contribution in [2.45, 2.75) is 91.1 Å². The lowest BCUT2D eigenvalue weighted by Gasteiger charge is -2.15. The van der Waals surface area contributed by atoms with E-state index >= 15 is 0 Å². The first-order valence-electron chi connectivity index (χ1n) is 10.6. The summed E-state index contributed by atoms with van der Waals surface area (Å²) in [5.74, 6) is -0.670. The Hall–Kier alpha value is -1.84. The number of hydrogen-bond acceptors (Lipinski definition) is 4. The van der Waals surface area contributed by atoms with E-state index in [0.717, 1.165) is 32.1 Å². The average Bonchev–Trinajstić information content (AvgIpc) is 2.69. The van der Waals surface area contributed by atoms with Gasteiger partial charge in [-0.1, -0.05) is 65.7 Å². The van der Waals surface area contributed by atoms with Crippen molar-refractivity contribution >= 4 is 11.9 Å². The molecule has 152 valence electrons. The van der Waals surface area contributed by atoms with E-state index in [1.54, 1.807) is 24.3 Å². The Balaban J connectivity index is 2.33. The van der Waals surface area contributed by atoms with Gasteiger partial charge in [-0.3, -0.25) is 0 Å². The number of ether oxygens (including phenoxy) is 2. The van der Waals surface area contributed by atoms with Crippen LogP contribution in [0.15, 0.2) is 24.3 Å². The molecule has 1 atom stereocenters. The number of unbranched alkanes of at least 4 members (excludes halogenated alkanes) is 6. The number of rotatable bonds is 14. The highest BCUT2D eigenvalue weighted by atomic mass is 16.5. The zero-order chi connectivity index (χ0) is 19.9. The highest BCUT2D eigenvalue weighted by Gasteiger charge is 2.15. The van der Waals surface area contributed by atoms with Crippen molar-refractivity contribution in [3.8, 4) is 0 Å². The Kier molecular flexibility index (Phi) is 12.2. The molecule has 4 heteroatoms. The number of carbonyl (C=O) groups excluding carboxylic acids is 2. The van der Waals surface area contributed by atoms with Crippen LogP contribution < -0.4 is 0 Å². The third-order valence-electron chi connectivity index (χ3n) is 4.68. The van der Waals surface area contributed by atoms with Crippen LogP contribution >= 0.6 is 0 Å². The van der Waals surface area contributed by atoms with Gasteiger partial charge in [0.25, 0.3) is 0 Å². The summed E-state index contributed by atoms with van der Waals surface area (Å²) in [7, 11) is 0. The minimum absolute atomic E-state index is 0.0471. The van der Waals surface area contributed by atoms with Crippen LogP contribution in [0, 0.1) is 0 Å². The lowest BCUT2D eigenvalue weighted by atomic mass is 10.1. The standard InChI is InChI=1S/C23H36O4/c1-4-7-8-9-10-11-12-18-26-22(24)19-14-16-20(17-15-19)23(25)27-21(6-3)13-5-2/h14-17,21H,4-13,18H2,1-3H3. The van der Waals surface area contributed by atoms with Gasteiger partial charge in [0.05, 0.1) is 17.7 Å². The molecule has 0 saturated carbocycles. The summed E-state index contributed by atoms with van der Waals surface area (Å²) in [6.45, 7) is 6.75. The van der Waals surface area contributed by atoms with Crippen LogP contribution in [0.25, 0.3) is 0 Å². The predicted molar refractivity (Wildman–Crippen MR) is 109 cm³/mol. The van der Waals surface area contributed by atoms with Gasteiger partial charge in [-0.15, -0.1) is 0 Å². The minimum atomic E-state index is -0.335. The zero-order valence-corrected chi connectivity index (χ0v) is 17.3. The van der Waals surface area contributed by atoms with Crippen molar-refractivity contribution in [3.63, 3.8) is 0 Å². The average molecular weight is 377 g/mol. The minimum Gasteiger partial charge on any atom is -0.462 e. The second kappa shape index (κ2) is 14.2. The molecule has 0 aliphatic heterocycles. The summed E-state index contributed by atoms with van der Waals surface area (Å²) >= 11 is 0. The quantitative estimate of drug-likeness (QED) is 0.281. The molecule has 0 radical (unpaired) electrons. The van der Waals surface area contributed by atoms with E-state index in [1.165, 1.54) is 32.1 Å². The Morgan fingerprint density at radius 3 is 1.89 bits per heavy atom. The van der Waals surface area contributed by atoms with Crippen LogP contribution in [0.4, 0.5) is 0 Å². The molecule has 1 aromatic rings. The summed E-state index contributed by atoms with van der Waals surface area (Å²) in [6, 6.07) is 6.52. The summed E-state index contributed by atoms with van der Waals surface area (Å²) in [4.78, 5) is 24.2. The van der Waals surface area contributed by atoms with Gasteiger partial charge in [0, 0.05) is 0 Å². The third-order valence-corrected chi connectivity index (χ3v) is 4.68. The lowest BCUT2D eigenvalue weighted by molar-refractivity contribution is 0.0270. The van der Waals surface area contributed by atoms with Gasteiger partial charge in [0.15, 0.2) is 0 Å². The van der Waals surface area contributed by atoms with Gasteiger partial charge in [-0.2, -0.15) is 0 Å². The molecule has 0 heterocycles. The van der Waals surface area contributed by atoms with Crippen molar-refractivity contribution in [1.29, 1.82) is 0 Å². The Bertz CT molecular complexity index is 536. The fourth-order valence-corrected chi connectivity index (χ4v) is 2.94. The van der Waals surface area contributed by atoms with Crippen molar-refractivity contribution in [1.82, 2.24) is 0 Å². The van der Waals surface area contributed by atoms with Crippen LogP contribution in [0.1, 0.15) is 106 Å². The van der Waals surface area contributed by atoms with E-state index in [2.05, 4.69) is 13.8 Å². The van der Waals surface area contributed by atoms with E-state index in [0.29, 0.717) is 17.7 Å². The smallest absolute Gasteiger partial charge is 0.338 e.